The molecule has 0 aliphatic heterocycles. The van der Waals surface area contributed by atoms with Crippen LogP contribution in [0.25, 0.3) is 0 Å². The second-order valence-corrected chi connectivity index (χ2v) is 3.69. The van der Waals surface area contributed by atoms with Gasteiger partial charge in [0.1, 0.15) is 5.75 Å². The number of benzene rings is 1. The van der Waals surface area contributed by atoms with Crippen LogP contribution < -0.4 is 10.1 Å². The molecule has 0 amide bonds. The number of ether oxygens (including phenoxy) is 1. The molecule has 90 valence electrons. The van der Waals surface area contributed by atoms with Gasteiger partial charge in [-0.15, -0.1) is 0 Å². The lowest BCUT2D eigenvalue weighted by molar-refractivity contribution is -0.0498. The van der Waals surface area contributed by atoms with E-state index in [9.17, 15) is 8.78 Å². The summed E-state index contributed by atoms with van der Waals surface area (Å²) in [5.74, 6) is 0.204. The lowest BCUT2D eigenvalue weighted by atomic mass is 10.1. The van der Waals surface area contributed by atoms with Gasteiger partial charge in [0.05, 0.1) is 0 Å². The van der Waals surface area contributed by atoms with Crippen LogP contribution in [0.3, 0.4) is 0 Å². The molecule has 0 aliphatic rings. The summed E-state index contributed by atoms with van der Waals surface area (Å²) in [5.41, 5.74) is 1.11. The van der Waals surface area contributed by atoms with Crippen LogP contribution in [0.2, 0.25) is 0 Å². The van der Waals surface area contributed by atoms with Gasteiger partial charge in [-0.1, -0.05) is 19.1 Å². The smallest absolute Gasteiger partial charge is 0.387 e. The van der Waals surface area contributed by atoms with Crippen molar-refractivity contribution < 1.29 is 13.5 Å². The first-order valence-electron chi connectivity index (χ1n) is 5.39. The monoisotopic (exact) mass is 229 g/mol. The highest BCUT2D eigenvalue weighted by Crippen LogP contribution is 2.15. The van der Waals surface area contributed by atoms with Gasteiger partial charge in [0.2, 0.25) is 0 Å². The molecule has 16 heavy (non-hydrogen) atoms. The van der Waals surface area contributed by atoms with Gasteiger partial charge in [0, 0.05) is 6.04 Å². The molecule has 0 heterocycles. The molecule has 2 nitrogen and oxygen atoms in total. The Kier molecular flexibility index (Phi) is 5.19. The van der Waals surface area contributed by atoms with E-state index in [4.69, 9.17) is 0 Å². The lowest BCUT2D eigenvalue weighted by Gasteiger charge is -2.12. The average molecular weight is 229 g/mol. The van der Waals surface area contributed by atoms with Crippen molar-refractivity contribution in [2.24, 2.45) is 0 Å². The molecule has 1 rings (SSSR count). The fourth-order valence-corrected chi connectivity index (χ4v) is 1.58. The van der Waals surface area contributed by atoms with Gasteiger partial charge in [0.15, 0.2) is 0 Å². The fourth-order valence-electron chi connectivity index (χ4n) is 1.58. The molecule has 0 radical (unpaired) electrons. The van der Waals surface area contributed by atoms with Crippen LogP contribution >= 0.6 is 0 Å². The van der Waals surface area contributed by atoms with E-state index in [-0.39, 0.29) is 5.75 Å². The first-order valence-corrected chi connectivity index (χ1v) is 5.39. The van der Waals surface area contributed by atoms with Crippen molar-refractivity contribution in [3.05, 3.63) is 29.8 Å². The van der Waals surface area contributed by atoms with Gasteiger partial charge in [-0.2, -0.15) is 8.78 Å². The molecule has 0 saturated heterocycles. The molecule has 4 heteroatoms. The van der Waals surface area contributed by atoms with Gasteiger partial charge >= 0.3 is 6.61 Å². The van der Waals surface area contributed by atoms with Crippen molar-refractivity contribution in [2.45, 2.75) is 32.9 Å². The van der Waals surface area contributed by atoms with E-state index in [1.54, 1.807) is 12.1 Å². The Hall–Kier alpha value is -1.16. The van der Waals surface area contributed by atoms with Crippen LogP contribution in [-0.2, 0) is 6.42 Å². The number of halogens is 2. The predicted octanol–water partition coefficient (Wildman–Crippen LogP) is 2.83. The maximum absolute atomic E-state index is 11.9. The van der Waals surface area contributed by atoms with E-state index < -0.39 is 6.61 Å². The minimum atomic E-state index is -2.76. The van der Waals surface area contributed by atoms with E-state index in [1.807, 2.05) is 12.1 Å². The molecule has 0 aliphatic carbocycles. The van der Waals surface area contributed by atoms with Crippen molar-refractivity contribution in [1.29, 1.82) is 0 Å². The summed E-state index contributed by atoms with van der Waals surface area (Å²) in [6, 6.07) is 7.14. The molecule has 0 spiro atoms. The molecular formula is C12H17F2NO. The zero-order valence-corrected chi connectivity index (χ0v) is 9.54. The third-order valence-corrected chi connectivity index (χ3v) is 2.24. The topological polar surface area (TPSA) is 21.3 Å². The van der Waals surface area contributed by atoms with E-state index in [2.05, 4.69) is 23.9 Å². The molecule has 1 aromatic rings. The number of hydrogen-bond donors (Lipinski definition) is 1. The molecule has 1 N–H and O–H groups in total. The van der Waals surface area contributed by atoms with Crippen LogP contribution in [0, 0.1) is 0 Å². The summed E-state index contributed by atoms with van der Waals surface area (Å²) < 4.78 is 28.1. The van der Waals surface area contributed by atoms with Gasteiger partial charge in [-0.25, -0.2) is 0 Å². The Labute approximate surface area is 94.6 Å². The van der Waals surface area contributed by atoms with Gasteiger partial charge in [-0.05, 0) is 37.6 Å². The Balaban J connectivity index is 2.50. The molecule has 1 aromatic carbocycles. The van der Waals surface area contributed by atoms with Gasteiger partial charge in [0.25, 0.3) is 0 Å². The minimum absolute atomic E-state index is 0.204. The second-order valence-electron chi connectivity index (χ2n) is 3.69. The summed E-state index contributed by atoms with van der Waals surface area (Å²) in [6.45, 7) is 2.31. The maximum atomic E-state index is 11.9. The van der Waals surface area contributed by atoms with Crippen LogP contribution in [0.5, 0.6) is 5.75 Å². The number of nitrogens with one attached hydrogen (secondary N) is 1. The molecule has 1 atom stereocenters. The summed E-state index contributed by atoms with van der Waals surface area (Å²) in [7, 11) is 0. The van der Waals surface area contributed by atoms with Gasteiger partial charge in [-0.3, -0.25) is 0 Å². The minimum Gasteiger partial charge on any atom is -0.435 e. The number of hydrogen-bond acceptors (Lipinski definition) is 2. The van der Waals surface area contributed by atoms with E-state index in [0.717, 1.165) is 18.5 Å². The standard InChI is InChI=1S/C12H17F2NO/c1-3-15-9(2)8-10-4-6-11(7-5-10)16-12(13)14/h4-7,9,12,15H,3,8H2,1-2H3. The molecule has 0 aromatic heterocycles. The Morgan fingerprint density at radius 1 is 1.25 bits per heavy atom. The van der Waals surface area contributed by atoms with Crippen LogP contribution in [-0.4, -0.2) is 19.2 Å². The van der Waals surface area contributed by atoms with Gasteiger partial charge < -0.3 is 10.1 Å². The normalized spacial score (nSPS) is 12.8. The van der Waals surface area contributed by atoms with Crippen LogP contribution in [0.15, 0.2) is 24.3 Å². The van der Waals surface area contributed by atoms with Crippen molar-refractivity contribution in [1.82, 2.24) is 5.32 Å². The summed E-state index contributed by atoms with van der Waals surface area (Å²) in [6.07, 6.45) is 0.878. The van der Waals surface area contributed by atoms with Crippen LogP contribution in [0.4, 0.5) is 8.78 Å². The van der Waals surface area contributed by atoms with Crippen molar-refractivity contribution in [2.75, 3.05) is 6.54 Å². The first kappa shape index (κ1) is 12.9. The number of alkyl halides is 2. The lowest BCUT2D eigenvalue weighted by Crippen LogP contribution is -2.27. The molecule has 0 saturated carbocycles. The van der Waals surface area contributed by atoms with Crippen LogP contribution in [0.1, 0.15) is 19.4 Å². The van der Waals surface area contributed by atoms with E-state index in [0.29, 0.717) is 6.04 Å². The third kappa shape index (κ3) is 4.57. The highest BCUT2D eigenvalue weighted by Gasteiger charge is 2.05. The van der Waals surface area contributed by atoms with E-state index >= 15 is 0 Å². The van der Waals surface area contributed by atoms with Crippen molar-refractivity contribution >= 4 is 0 Å². The maximum Gasteiger partial charge on any atom is 0.387 e. The number of likely N-dealkylation sites (N-methyl/N-ethyl adjacent to an activating group) is 1. The predicted molar refractivity (Wildman–Crippen MR) is 59.9 cm³/mol. The zero-order chi connectivity index (χ0) is 12.0. The Bertz CT molecular complexity index is 300. The highest BCUT2D eigenvalue weighted by atomic mass is 19.3. The molecule has 1 unspecified atom stereocenters. The Morgan fingerprint density at radius 3 is 2.38 bits per heavy atom. The van der Waals surface area contributed by atoms with Crippen molar-refractivity contribution in [3.8, 4) is 5.75 Å². The quantitative estimate of drug-likeness (QED) is 0.809. The van der Waals surface area contributed by atoms with Crippen molar-refractivity contribution in [3.63, 3.8) is 0 Å². The second kappa shape index (κ2) is 6.43. The fraction of sp³-hybridized carbons (Fsp3) is 0.500. The zero-order valence-electron chi connectivity index (χ0n) is 9.54. The SMILES string of the molecule is CCNC(C)Cc1ccc(OC(F)F)cc1. The molecular weight excluding hydrogens is 212 g/mol. The molecule has 0 bridgehead atoms. The first-order chi connectivity index (χ1) is 7.61. The number of rotatable bonds is 6. The summed E-state index contributed by atoms with van der Waals surface area (Å²) >= 11 is 0. The Morgan fingerprint density at radius 2 is 1.88 bits per heavy atom. The third-order valence-electron chi connectivity index (χ3n) is 2.24. The molecule has 0 fully saturated rings. The highest BCUT2D eigenvalue weighted by molar-refractivity contribution is 5.27. The average Bonchev–Trinajstić information content (AvgIpc) is 2.20. The van der Waals surface area contributed by atoms with E-state index in [1.165, 1.54) is 0 Å². The summed E-state index contributed by atoms with van der Waals surface area (Å²) in [5, 5.41) is 3.29. The summed E-state index contributed by atoms with van der Waals surface area (Å²) in [4.78, 5) is 0. The largest absolute Gasteiger partial charge is 0.435 e.